The van der Waals surface area contributed by atoms with Crippen molar-refractivity contribution in [2.75, 3.05) is 10.6 Å². The summed E-state index contributed by atoms with van der Waals surface area (Å²) >= 11 is 0. The van der Waals surface area contributed by atoms with Crippen LogP contribution in [0.1, 0.15) is 48.7 Å². The first-order valence-electron chi connectivity index (χ1n) is 11.8. The molecule has 1 aliphatic carbocycles. The zero-order valence-electron chi connectivity index (χ0n) is 20.0. The summed E-state index contributed by atoms with van der Waals surface area (Å²) in [4.78, 5) is 30.2. The summed E-state index contributed by atoms with van der Waals surface area (Å²) in [5.74, 6) is -0.249. The van der Waals surface area contributed by atoms with E-state index in [1.165, 1.54) is 0 Å². The molecule has 35 heavy (non-hydrogen) atoms. The molecule has 2 aromatic heterocycles. The average Bonchev–Trinajstić information content (AvgIpc) is 3.54. The Hall–Kier alpha value is -4.20. The van der Waals surface area contributed by atoms with Gasteiger partial charge in [0.15, 0.2) is 5.65 Å². The highest BCUT2D eigenvalue weighted by Crippen LogP contribution is 2.27. The van der Waals surface area contributed by atoms with E-state index < -0.39 is 0 Å². The Balaban J connectivity index is 1.42. The monoisotopic (exact) mass is 468 g/mol. The fraction of sp³-hybridized carbons (Fsp3) is 0.259. The Morgan fingerprint density at radius 1 is 0.971 bits per heavy atom. The van der Waals surface area contributed by atoms with Crippen molar-refractivity contribution < 1.29 is 9.59 Å². The highest BCUT2D eigenvalue weighted by atomic mass is 16.2. The predicted molar refractivity (Wildman–Crippen MR) is 138 cm³/mol. The van der Waals surface area contributed by atoms with E-state index in [0.717, 1.165) is 24.0 Å². The summed E-state index contributed by atoms with van der Waals surface area (Å²) in [7, 11) is 0. The number of fused-ring (bicyclic) bond motifs is 1. The Kier molecular flexibility index (Phi) is 5.94. The number of aromatic nitrogens is 3. The van der Waals surface area contributed by atoms with Gasteiger partial charge >= 0.3 is 6.03 Å². The van der Waals surface area contributed by atoms with Gasteiger partial charge in [-0.1, -0.05) is 29.8 Å². The molecule has 0 spiro atoms. The minimum atomic E-state index is -0.249. The van der Waals surface area contributed by atoms with Crippen LogP contribution in [0.15, 0.2) is 60.8 Å². The number of aryl methyl sites for hydroxylation is 1. The lowest BCUT2D eigenvalue weighted by Gasteiger charge is -2.12. The molecule has 2 aromatic carbocycles. The molecule has 4 aromatic rings. The number of nitrogens with zero attached hydrogens (tertiary/aromatic N) is 3. The summed E-state index contributed by atoms with van der Waals surface area (Å²) in [5.41, 5.74) is 5.26. The number of carbonyl (C=O) groups is 2. The van der Waals surface area contributed by atoms with Crippen molar-refractivity contribution in [1.82, 2.24) is 20.1 Å². The molecule has 8 nitrogen and oxygen atoms in total. The van der Waals surface area contributed by atoms with Crippen molar-refractivity contribution in [1.29, 1.82) is 0 Å². The van der Waals surface area contributed by atoms with Gasteiger partial charge in [0.05, 0.1) is 22.8 Å². The van der Waals surface area contributed by atoms with Crippen LogP contribution in [-0.4, -0.2) is 32.7 Å². The Labute approximate surface area is 203 Å². The van der Waals surface area contributed by atoms with E-state index in [4.69, 9.17) is 4.98 Å². The van der Waals surface area contributed by atoms with E-state index in [1.54, 1.807) is 30.5 Å². The maximum Gasteiger partial charge on any atom is 0.319 e. The molecule has 0 radical (unpaired) electrons. The van der Waals surface area contributed by atoms with Gasteiger partial charge in [0.1, 0.15) is 0 Å². The van der Waals surface area contributed by atoms with E-state index in [-0.39, 0.29) is 24.0 Å². The van der Waals surface area contributed by atoms with Crippen LogP contribution in [0.4, 0.5) is 16.2 Å². The molecule has 0 bridgehead atoms. The number of carbonyl (C=O) groups excluding carboxylic acids is 2. The molecule has 1 fully saturated rings. The maximum atomic E-state index is 13.4. The zero-order valence-corrected chi connectivity index (χ0v) is 20.0. The van der Waals surface area contributed by atoms with Gasteiger partial charge in [-0.15, -0.1) is 0 Å². The van der Waals surface area contributed by atoms with Crippen molar-refractivity contribution >= 4 is 34.3 Å². The molecule has 8 heteroatoms. The number of amides is 3. The van der Waals surface area contributed by atoms with Crippen LogP contribution in [0.2, 0.25) is 0 Å². The molecule has 2 heterocycles. The SMILES string of the molecule is Cc1ccc(-c2cc(C(=O)Nc3ccc(NC(=O)NC4CC4)cc3)c3cnn(C(C)C)c3n2)cc1. The first-order valence-corrected chi connectivity index (χ1v) is 11.8. The van der Waals surface area contributed by atoms with Crippen LogP contribution >= 0.6 is 0 Å². The number of nitrogens with one attached hydrogen (secondary N) is 3. The molecule has 5 rings (SSSR count). The third-order valence-electron chi connectivity index (χ3n) is 5.96. The predicted octanol–water partition coefficient (Wildman–Crippen LogP) is 5.52. The summed E-state index contributed by atoms with van der Waals surface area (Å²) in [5, 5.41) is 13.8. The highest BCUT2D eigenvalue weighted by Gasteiger charge is 2.23. The van der Waals surface area contributed by atoms with E-state index in [9.17, 15) is 9.59 Å². The standard InChI is InChI=1S/C27H28N6O2/c1-16(2)33-25-23(15-28-33)22(14-24(32-25)18-6-4-17(3)5-7-18)26(34)29-19-8-10-20(11-9-19)30-27(35)31-21-12-13-21/h4-11,14-16,21H,12-13H2,1-3H3,(H,29,34)(H2,30,31,35). The molecule has 0 saturated heterocycles. The fourth-order valence-electron chi connectivity index (χ4n) is 3.87. The van der Waals surface area contributed by atoms with Crippen LogP contribution in [0.25, 0.3) is 22.3 Å². The molecule has 0 unspecified atom stereocenters. The average molecular weight is 469 g/mol. The molecular weight excluding hydrogens is 440 g/mol. The topological polar surface area (TPSA) is 101 Å². The van der Waals surface area contributed by atoms with Gasteiger partial charge in [-0.2, -0.15) is 5.10 Å². The first kappa shape index (κ1) is 22.6. The number of benzene rings is 2. The quantitative estimate of drug-likeness (QED) is 0.347. The summed E-state index contributed by atoms with van der Waals surface area (Å²) < 4.78 is 1.83. The van der Waals surface area contributed by atoms with Crippen LogP contribution < -0.4 is 16.0 Å². The van der Waals surface area contributed by atoms with E-state index in [2.05, 4.69) is 21.0 Å². The second-order valence-electron chi connectivity index (χ2n) is 9.25. The second-order valence-corrected chi connectivity index (χ2v) is 9.25. The van der Waals surface area contributed by atoms with Crippen LogP contribution in [0, 0.1) is 6.92 Å². The Morgan fingerprint density at radius 2 is 1.63 bits per heavy atom. The normalized spacial score (nSPS) is 13.1. The van der Waals surface area contributed by atoms with Gasteiger partial charge < -0.3 is 16.0 Å². The fourth-order valence-corrected chi connectivity index (χ4v) is 3.87. The lowest BCUT2D eigenvalue weighted by atomic mass is 10.0. The Morgan fingerprint density at radius 3 is 2.26 bits per heavy atom. The third kappa shape index (κ3) is 5.01. The van der Waals surface area contributed by atoms with Crippen LogP contribution in [0.3, 0.4) is 0 Å². The van der Waals surface area contributed by atoms with Crippen LogP contribution in [-0.2, 0) is 0 Å². The smallest absolute Gasteiger partial charge is 0.319 e. The number of hydrogen-bond acceptors (Lipinski definition) is 4. The van der Waals surface area contributed by atoms with Crippen LogP contribution in [0.5, 0.6) is 0 Å². The zero-order chi connectivity index (χ0) is 24.5. The van der Waals surface area contributed by atoms with Gasteiger partial charge in [-0.05, 0) is 63.9 Å². The third-order valence-corrected chi connectivity index (χ3v) is 5.96. The number of pyridine rings is 1. The molecule has 1 saturated carbocycles. The molecular formula is C27H28N6O2. The highest BCUT2D eigenvalue weighted by molar-refractivity contribution is 6.12. The van der Waals surface area contributed by atoms with Gasteiger partial charge in [0.2, 0.25) is 0 Å². The molecule has 3 N–H and O–H groups in total. The van der Waals surface area contributed by atoms with E-state index in [1.807, 2.05) is 55.8 Å². The number of anilines is 2. The van der Waals surface area contributed by atoms with Crippen molar-refractivity contribution in [2.24, 2.45) is 0 Å². The minimum absolute atomic E-state index is 0.0985. The van der Waals surface area contributed by atoms with Gasteiger partial charge in [-0.3, -0.25) is 4.79 Å². The molecule has 1 aliphatic rings. The molecule has 0 aliphatic heterocycles. The molecule has 0 atom stereocenters. The number of hydrogen-bond donors (Lipinski definition) is 3. The largest absolute Gasteiger partial charge is 0.335 e. The van der Waals surface area contributed by atoms with E-state index >= 15 is 0 Å². The van der Waals surface area contributed by atoms with Gasteiger partial charge in [-0.25, -0.2) is 14.5 Å². The molecule has 3 amide bonds. The van der Waals surface area contributed by atoms with Crippen molar-refractivity contribution in [3.63, 3.8) is 0 Å². The van der Waals surface area contributed by atoms with Gasteiger partial charge in [0.25, 0.3) is 5.91 Å². The maximum absolute atomic E-state index is 13.4. The lowest BCUT2D eigenvalue weighted by molar-refractivity contribution is 0.102. The second kappa shape index (κ2) is 9.21. The first-order chi connectivity index (χ1) is 16.9. The summed E-state index contributed by atoms with van der Waals surface area (Å²) in [6.45, 7) is 6.10. The van der Waals surface area contributed by atoms with E-state index in [0.29, 0.717) is 33.7 Å². The number of rotatable bonds is 6. The number of urea groups is 1. The van der Waals surface area contributed by atoms with Crippen molar-refractivity contribution in [3.05, 3.63) is 71.9 Å². The molecule has 178 valence electrons. The summed E-state index contributed by atoms with van der Waals surface area (Å²) in [6, 6.07) is 17.1. The minimum Gasteiger partial charge on any atom is -0.335 e. The summed E-state index contributed by atoms with van der Waals surface area (Å²) in [6.07, 6.45) is 3.76. The van der Waals surface area contributed by atoms with Gasteiger partial charge in [0, 0.05) is 29.0 Å². The van der Waals surface area contributed by atoms with Crippen molar-refractivity contribution in [3.8, 4) is 11.3 Å². The van der Waals surface area contributed by atoms with Crippen molar-refractivity contribution in [2.45, 2.75) is 45.7 Å². The Bertz CT molecular complexity index is 1390. The lowest BCUT2D eigenvalue weighted by Crippen LogP contribution is -2.30.